The molecule has 4 rings (SSSR count). The maximum absolute atomic E-state index is 12.7. The Morgan fingerprint density at radius 3 is 2.35 bits per heavy atom. The number of piperidine rings is 1. The van der Waals surface area contributed by atoms with Crippen molar-refractivity contribution in [1.29, 1.82) is 0 Å². The molecule has 0 bridgehead atoms. The first-order valence-corrected chi connectivity index (χ1v) is 11.0. The molecule has 9 nitrogen and oxygen atoms in total. The van der Waals surface area contributed by atoms with Crippen molar-refractivity contribution in [2.24, 2.45) is 0 Å². The second kappa shape index (κ2) is 8.45. The minimum atomic E-state index is -0.516. The average Bonchev–Trinajstić information content (AvgIpc) is 2.73. The summed E-state index contributed by atoms with van der Waals surface area (Å²) >= 11 is 0. The second-order valence-electron chi connectivity index (χ2n) is 9.49. The molecule has 31 heavy (non-hydrogen) atoms. The number of amides is 1. The van der Waals surface area contributed by atoms with Gasteiger partial charge in [0.25, 0.3) is 5.56 Å². The SMILES string of the molecule is CN1CCN(c2cnc3c(c2)ncc(=O)n3C2CCN(C(=O)OC(C)(C)C)CC2)CC1. The number of anilines is 1. The van der Waals surface area contributed by atoms with E-state index in [-0.39, 0.29) is 17.7 Å². The van der Waals surface area contributed by atoms with Crippen LogP contribution in [-0.2, 0) is 4.74 Å². The van der Waals surface area contributed by atoms with E-state index < -0.39 is 5.60 Å². The fraction of sp³-hybridized carbons (Fsp3) is 0.636. The summed E-state index contributed by atoms with van der Waals surface area (Å²) in [6, 6.07) is 2.01. The quantitative estimate of drug-likeness (QED) is 0.724. The van der Waals surface area contributed by atoms with E-state index in [1.807, 2.05) is 33.0 Å². The van der Waals surface area contributed by atoms with E-state index in [4.69, 9.17) is 4.74 Å². The molecular weight excluding hydrogens is 396 g/mol. The van der Waals surface area contributed by atoms with Crippen LogP contribution in [0.5, 0.6) is 0 Å². The van der Waals surface area contributed by atoms with Gasteiger partial charge in [0.15, 0.2) is 5.65 Å². The summed E-state index contributed by atoms with van der Waals surface area (Å²) in [7, 11) is 2.13. The number of hydrogen-bond acceptors (Lipinski definition) is 7. The molecule has 2 aromatic rings. The van der Waals surface area contributed by atoms with Crippen molar-refractivity contribution in [3.8, 4) is 0 Å². The van der Waals surface area contributed by atoms with Gasteiger partial charge in [-0.1, -0.05) is 0 Å². The van der Waals surface area contributed by atoms with Crippen molar-refractivity contribution >= 4 is 22.9 Å². The van der Waals surface area contributed by atoms with Crippen molar-refractivity contribution in [2.75, 3.05) is 51.2 Å². The molecular formula is C22H32N6O3. The highest BCUT2D eigenvalue weighted by Gasteiger charge is 2.29. The Labute approximate surface area is 182 Å². The number of aromatic nitrogens is 3. The third-order valence-electron chi connectivity index (χ3n) is 5.96. The molecule has 0 radical (unpaired) electrons. The van der Waals surface area contributed by atoms with Gasteiger partial charge in [-0.15, -0.1) is 0 Å². The molecule has 0 aliphatic carbocycles. The van der Waals surface area contributed by atoms with Gasteiger partial charge < -0.3 is 19.4 Å². The molecule has 0 aromatic carbocycles. The molecule has 2 aliphatic rings. The zero-order chi connectivity index (χ0) is 22.2. The number of rotatable bonds is 2. The Kier molecular flexibility index (Phi) is 5.88. The summed E-state index contributed by atoms with van der Waals surface area (Å²) in [4.78, 5) is 40.4. The van der Waals surface area contributed by atoms with Crippen molar-refractivity contribution in [3.05, 3.63) is 28.8 Å². The molecule has 4 heterocycles. The van der Waals surface area contributed by atoms with Gasteiger partial charge in [-0.3, -0.25) is 9.36 Å². The van der Waals surface area contributed by atoms with Crippen LogP contribution in [-0.4, -0.2) is 82.3 Å². The number of piperazine rings is 1. The number of ether oxygens (including phenoxy) is 1. The summed E-state index contributed by atoms with van der Waals surface area (Å²) < 4.78 is 7.23. The molecule has 0 unspecified atom stereocenters. The average molecular weight is 429 g/mol. The number of hydrogen-bond donors (Lipinski definition) is 0. The molecule has 0 N–H and O–H groups in total. The zero-order valence-corrected chi connectivity index (χ0v) is 18.9. The van der Waals surface area contributed by atoms with Crippen LogP contribution in [0.2, 0.25) is 0 Å². The van der Waals surface area contributed by atoms with E-state index in [9.17, 15) is 9.59 Å². The number of likely N-dealkylation sites (N-methyl/N-ethyl adjacent to an activating group) is 1. The molecule has 9 heteroatoms. The summed E-state index contributed by atoms with van der Waals surface area (Å²) in [6.07, 6.45) is 4.30. The Morgan fingerprint density at radius 2 is 1.71 bits per heavy atom. The Bertz CT molecular complexity index is 998. The fourth-order valence-electron chi connectivity index (χ4n) is 4.23. The van der Waals surface area contributed by atoms with Crippen LogP contribution in [0.25, 0.3) is 11.2 Å². The molecule has 2 saturated heterocycles. The first-order chi connectivity index (χ1) is 14.7. The van der Waals surface area contributed by atoms with Gasteiger partial charge in [0, 0.05) is 45.3 Å². The minimum absolute atomic E-state index is 0.0151. The Balaban J connectivity index is 1.52. The highest BCUT2D eigenvalue weighted by molar-refractivity contribution is 5.75. The topological polar surface area (TPSA) is 83.8 Å². The van der Waals surface area contributed by atoms with Gasteiger partial charge in [0.2, 0.25) is 0 Å². The molecule has 0 saturated carbocycles. The lowest BCUT2D eigenvalue weighted by atomic mass is 10.0. The Morgan fingerprint density at radius 1 is 1.03 bits per heavy atom. The number of pyridine rings is 1. The molecule has 1 amide bonds. The predicted molar refractivity (Wildman–Crippen MR) is 120 cm³/mol. The number of carbonyl (C=O) groups is 1. The lowest BCUT2D eigenvalue weighted by Gasteiger charge is -2.35. The van der Waals surface area contributed by atoms with Crippen molar-refractivity contribution in [1.82, 2.24) is 24.3 Å². The molecule has 168 valence electrons. The van der Waals surface area contributed by atoms with Gasteiger partial charge >= 0.3 is 6.09 Å². The van der Waals surface area contributed by atoms with E-state index in [0.717, 1.165) is 37.4 Å². The molecule has 2 fully saturated rings. The van der Waals surface area contributed by atoms with E-state index in [0.29, 0.717) is 31.6 Å². The summed E-state index contributed by atoms with van der Waals surface area (Å²) in [5, 5.41) is 0. The highest BCUT2D eigenvalue weighted by Crippen LogP contribution is 2.26. The molecule has 0 atom stereocenters. The third-order valence-corrected chi connectivity index (χ3v) is 5.96. The van der Waals surface area contributed by atoms with Crippen LogP contribution in [0.4, 0.5) is 10.5 Å². The lowest BCUT2D eigenvalue weighted by molar-refractivity contribution is 0.0188. The van der Waals surface area contributed by atoms with E-state index >= 15 is 0 Å². The van der Waals surface area contributed by atoms with Crippen LogP contribution >= 0.6 is 0 Å². The Hall–Kier alpha value is -2.68. The monoisotopic (exact) mass is 428 g/mol. The van der Waals surface area contributed by atoms with Crippen LogP contribution in [0, 0.1) is 0 Å². The van der Waals surface area contributed by atoms with Crippen LogP contribution < -0.4 is 10.5 Å². The highest BCUT2D eigenvalue weighted by atomic mass is 16.6. The second-order valence-corrected chi connectivity index (χ2v) is 9.49. The zero-order valence-electron chi connectivity index (χ0n) is 18.9. The largest absolute Gasteiger partial charge is 0.444 e. The van der Waals surface area contributed by atoms with Gasteiger partial charge in [-0.2, -0.15) is 0 Å². The lowest BCUT2D eigenvalue weighted by Crippen LogP contribution is -2.44. The maximum atomic E-state index is 12.7. The smallest absolute Gasteiger partial charge is 0.410 e. The van der Waals surface area contributed by atoms with Gasteiger partial charge in [0.05, 0.1) is 18.1 Å². The number of likely N-dealkylation sites (tertiary alicyclic amines) is 1. The van der Waals surface area contributed by atoms with E-state index in [1.165, 1.54) is 6.20 Å². The first kappa shape index (κ1) is 21.5. The van der Waals surface area contributed by atoms with Crippen LogP contribution in [0.15, 0.2) is 23.3 Å². The maximum Gasteiger partial charge on any atom is 0.410 e. The molecule has 2 aromatic heterocycles. The minimum Gasteiger partial charge on any atom is -0.444 e. The normalized spacial score (nSPS) is 19.1. The van der Waals surface area contributed by atoms with E-state index in [2.05, 4.69) is 26.8 Å². The first-order valence-electron chi connectivity index (χ1n) is 11.0. The molecule has 0 spiro atoms. The van der Waals surface area contributed by atoms with Crippen molar-refractivity contribution in [3.63, 3.8) is 0 Å². The van der Waals surface area contributed by atoms with Crippen LogP contribution in [0.3, 0.4) is 0 Å². The number of fused-ring (bicyclic) bond motifs is 1. The fourth-order valence-corrected chi connectivity index (χ4v) is 4.23. The molecule has 2 aliphatic heterocycles. The van der Waals surface area contributed by atoms with Gasteiger partial charge in [-0.25, -0.2) is 14.8 Å². The summed E-state index contributed by atoms with van der Waals surface area (Å²) in [5.41, 5.74) is 1.71. The summed E-state index contributed by atoms with van der Waals surface area (Å²) in [5.74, 6) is 0. The summed E-state index contributed by atoms with van der Waals surface area (Å²) in [6.45, 7) is 10.6. The van der Waals surface area contributed by atoms with Crippen molar-refractivity contribution in [2.45, 2.75) is 45.3 Å². The number of carbonyl (C=O) groups excluding carboxylic acids is 1. The van der Waals surface area contributed by atoms with Gasteiger partial charge in [-0.05, 0) is 46.7 Å². The standard InChI is InChI=1S/C22H32N6O3/c1-22(2,3)31-21(30)27-7-5-16(6-8-27)28-19(29)15-23-18-13-17(14-24-20(18)28)26-11-9-25(4)10-12-26/h13-16H,5-12H2,1-4H3. The van der Waals surface area contributed by atoms with Gasteiger partial charge in [0.1, 0.15) is 11.1 Å². The number of nitrogens with zero attached hydrogens (tertiary/aromatic N) is 6. The van der Waals surface area contributed by atoms with E-state index in [1.54, 1.807) is 9.47 Å². The van der Waals surface area contributed by atoms with Crippen molar-refractivity contribution < 1.29 is 9.53 Å². The van der Waals surface area contributed by atoms with Crippen LogP contribution in [0.1, 0.15) is 39.7 Å². The third kappa shape index (κ3) is 4.81. The predicted octanol–water partition coefficient (Wildman–Crippen LogP) is 2.12.